The summed E-state index contributed by atoms with van der Waals surface area (Å²) >= 11 is 1.05. The number of carbonyl (C=O) groups is 3. The molecule has 1 aliphatic rings. The number of nitrogens with zero attached hydrogens (tertiary/aromatic N) is 3. The molecular weight excluding hydrogens is 434 g/mol. The van der Waals surface area contributed by atoms with E-state index in [2.05, 4.69) is 4.98 Å². The molecule has 0 saturated carbocycles. The van der Waals surface area contributed by atoms with Gasteiger partial charge in [-0.3, -0.25) is 9.59 Å². The van der Waals surface area contributed by atoms with E-state index in [9.17, 15) is 19.5 Å². The van der Waals surface area contributed by atoms with E-state index in [0.717, 1.165) is 33.8 Å². The fourth-order valence-electron chi connectivity index (χ4n) is 3.38. The maximum Gasteiger partial charge on any atom is 0.327 e. The molecule has 0 spiro atoms. The van der Waals surface area contributed by atoms with Crippen molar-refractivity contribution in [2.75, 3.05) is 31.6 Å². The van der Waals surface area contributed by atoms with Crippen LogP contribution in [0.3, 0.4) is 0 Å². The fourth-order valence-corrected chi connectivity index (χ4v) is 4.51. The second kappa shape index (κ2) is 10.9. The third-order valence-electron chi connectivity index (χ3n) is 5.05. The summed E-state index contributed by atoms with van der Waals surface area (Å²) in [6, 6.07) is 11.9. The molecule has 1 fully saturated rings. The minimum atomic E-state index is -1.35. The molecule has 1 amide bonds. The molecule has 0 radical (unpaired) electrons. The molecule has 2 heterocycles. The van der Waals surface area contributed by atoms with Crippen LogP contribution >= 0.6 is 11.8 Å². The summed E-state index contributed by atoms with van der Waals surface area (Å²) in [4.78, 5) is 42.0. The summed E-state index contributed by atoms with van der Waals surface area (Å²) in [6.07, 6.45) is 1.69. The number of aromatic nitrogens is 1. The lowest BCUT2D eigenvalue weighted by Gasteiger charge is -2.22. The van der Waals surface area contributed by atoms with Crippen LogP contribution in [0.1, 0.15) is 12.0 Å². The summed E-state index contributed by atoms with van der Waals surface area (Å²) in [7, 11) is 1.95. The number of carboxylic acids is 2. The van der Waals surface area contributed by atoms with Gasteiger partial charge in [0.1, 0.15) is 24.2 Å². The Morgan fingerprint density at radius 3 is 2.62 bits per heavy atom. The third kappa shape index (κ3) is 6.36. The molecule has 2 atom stereocenters. The van der Waals surface area contributed by atoms with E-state index < -0.39 is 29.6 Å². The molecule has 0 bridgehead atoms. The van der Waals surface area contributed by atoms with Crippen molar-refractivity contribution >= 4 is 34.8 Å². The Balaban J connectivity index is 1.48. The van der Waals surface area contributed by atoms with Crippen LogP contribution in [-0.4, -0.2) is 75.3 Å². The highest BCUT2D eigenvalue weighted by molar-refractivity contribution is 8.14. The van der Waals surface area contributed by atoms with Gasteiger partial charge in [-0.1, -0.05) is 30.0 Å². The zero-order chi connectivity index (χ0) is 23.1. The zero-order valence-electron chi connectivity index (χ0n) is 17.6. The normalized spacial score (nSPS) is 16.6. The van der Waals surface area contributed by atoms with Crippen molar-refractivity contribution in [2.24, 2.45) is 0 Å². The Morgan fingerprint density at radius 2 is 2.00 bits per heavy atom. The molecule has 0 aliphatic carbocycles. The topological polar surface area (TPSA) is 120 Å². The van der Waals surface area contributed by atoms with Crippen molar-refractivity contribution in [2.45, 2.75) is 24.1 Å². The first-order valence-corrected chi connectivity index (χ1v) is 11.0. The monoisotopic (exact) mass is 459 g/mol. The van der Waals surface area contributed by atoms with Gasteiger partial charge in [-0.05, 0) is 36.2 Å². The van der Waals surface area contributed by atoms with E-state index in [0.29, 0.717) is 19.6 Å². The van der Waals surface area contributed by atoms with Crippen molar-refractivity contribution in [3.63, 3.8) is 0 Å². The van der Waals surface area contributed by atoms with Gasteiger partial charge in [0.25, 0.3) is 5.24 Å². The van der Waals surface area contributed by atoms with Crippen molar-refractivity contribution < 1.29 is 29.3 Å². The number of pyridine rings is 1. The highest BCUT2D eigenvalue weighted by atomic mass is 32.2. The van der Waals surface area contributed by atoms with E-state index in [1.165, 1.54) is 0 Å². The average Bonchev–Trinajstić information content (AvgIpc) is 3.13. The molecule has 10 heteroatoms. The number of hydrogen-bond donors (Lipinski definition) is 2. The second-order valence-electron chi connectivity index (χ2n) is 7.42. The number of hydrogen-bond acceptors (Lipinski definition) is 7. The number of carbonyl (C=O) groups excluding carboxylic acids is 1. The summed E-state index contributed by atoms with van der Waals surface area (Å²) in [5.74, 6) is -0.956. The lowest BCUT2D eigenvalue weighted by Crippen LogP contribution is -2.43. The van der Waals surface area contributed by atoms with Gasteiger partial charge in [0.2, 0.25) is 0 Å². The van der Waals surface area contributed by atoms with Crippen LogP contribution in [0, 0.1) is 0 Å². The molecule has 9 nitrogen and oxygen atoms in total. The van der Waals surface area contributed by atoms with Crippen LogP contribution in [0.15, 0.2) is 48.7 Å². The van der Waals surface area contributed by atoms with E-state index >= 15 is 0 Å². The van der Waals surface area contributed by atoms with Crippen molar-refractivity contribution in [3.05, 3.63) is 54.2 Å². The molecule has 2 unspecified atom stereocenters. The van der Waals surface area contributed by atoms with E-state index in [1.807, 2.05) is 54.4 Å². The number of aliphatic carboxylic acids is 2. The molecule has 1 aliphatic heterocycles. The van der Waals surface area contributed by atoms with Gasteiger partial charge >= 0.3 is 11.9 Å². The average molecular weight is 460 g/mol. The van der Waals surface area contributed by atoms with Gasteiger partial charge in [0.15, 0.2) is 0 Å². The van der Waals surface area contributed by atoms with Crippen LogP contribution in [-0.2, 0) is 16.0 Å². The molecule has 2 N–H and O–H groups in total. The Labute approximate surface area is 190 Å². The number of likely N-dealkylation sites (N-methyl/N-ethyl adjacent to an activating group) is 1. The summed E-state index contributed by atoms with van der Waals surface area (Å²) in [5, 5.41) is 17.7. The van der Waals surface area contributed by atoms with Gasteiger partial charge in [-0.2, -0.15) is 0 Å². The summed E-state index contributed by atoms with van der Waals surface area (Å²) in [6.45, 7) is 1.37. The van der Waals surface area contributed by atoms with Crippen molar-refractivity contribution in [1.29, 1.82) is 0 Å². The Kier molecular flexibility index (Phi) is 7.93. The maximum atomic E-state index is 12.2. The molecule has 1 saturated heterocycles. The molecule has 170 valence electrons. The summed E-state index contributed by atoms with van der Waals surface area (Å²) in [5.41, 5.74) is 0.986. The van der Waals surface area contributed by atoms with E-state index in [-0.39, 0.29) is 11.8 Å². The number of carboxylic acid groups (broad SMARTS) is 2. The van der Waals surface area contributed by atoms with Gasteiger partial charge in [-0.15, -0.1) is 0 Å². The predicted molar refractivity (Wildman–Crippen MR) is 120 cm³/mol. The third-order valence-corrected chi connectivity index (χ3v) is 6.14. The number of ether oxygens (including phenoxy) is 1. The molecule has 32 heavy (non-hydrogen) atoms. The first-order chi connectivity index (χ1) is 15.3. The largest absolute Gasteiger partial charge is 0.492 e. The Morgan fingerprint density at radius 1 is 1.25 bits per heavy atom. The minimum Gasteiger partial charge on any atom is -0.492 e. The first-order valence-electron chi connectivity index (χ1n) is 10.1. The predicted octanol–water partition coefficient (Wildman–Crippen LogP) is 2.60. The molecule has 1 aromatic heterocycles. The number of benzene rings is 1. The summed E-state index contributed by atoms with van der Waals surface area (Å²) < 4.78 is 5.79. The number of rotatable bonds is 11. The van der Waals surface area contributed by atoms with E-state index in [1.54, 1.807) is 6.20 Å². The molecular formula is C22H25N3O6S. The SMILES string of the molecule is CN(CCOc1ccc(CC2CN(C(CC(=O)O)C(=O)O)C(=O)S2)cc1)c1ccccn1. The first kappa shape index (κ1) is 23.4. The highest BCUT2D eigenvalue weighted by Gasteiger charge is 2.39. The smallest absolute Gasteiger partial charge is 0.327 e. The molecule has 3 rings (SSSR count). The Hall–Kier alpha value is -3.27. The van der Waals surface area contributed by atoms with Gasteiger partial charge in [-0.25, -0.2) is 9.78 Å². The highest BCUT2D eigenvalue weighted by Crippen LogP contribution is 2.31. The van der Waals surface area contributed by atoms with Crippen molar-refractivity contribution in [3.8, 4) is 5.75 Å². The lowest BCUT2D eigenvalue weighted by atomic mass is 10.1. The van der Waals surface area contributed by atoms with Gasteiger partial charge < -0.3 is 24.7 Å². The van der Waals surface area contributed by atoms with Crippen LogP contribution < -0.4 is 9.64 Å². The zero-order valence-corrected chi connectivity index (χ0v) is 18.4. The Bertz CT molecular complexity index is 940. The molecule has 2 aromatic rings. The standard InChI is InChI=1S/C22H25N3O6S/c1-24(19-4-2-3-9-23-19)10-11-31-16-7-5-15(6-8-16)12-17-14-25(22(30)32-17)18(21(28)29)13-20(26)27/h2-9,17-18H,10-14H2,1H3,(H,26,27)(H,28,29). The van der Waals surface area contributed by atoms with Gasteiger partial charge in [0.05, 0.1) is 13.0 Å². The number of anilines is 1. The van der Waals surface area contributed by atoms with Crippen LogP contribution in [0.2, 0.25) is 0 Å². The number of thioether (sulfide) groups is 1. The van der Waals surface area contributed by atoms with Crippen LogP contribution in [0.25, 0.3) is 0 Å². The van der Waals surface area contributed by atoms with Crippen LogP contribution in [0.5, 0.6) is 5.75 Å². The molecule has 1 aromatic carbocycles. The minimum absolute atomic E-state index is 0.142. The van der Waals surface area contributed by atoms with E-state index in [4.69, 9.17) is 9.84 Å². The van der Waals surface area contributed by atoms with Gasteiger partial charge in [0, 0.05) is 25.0 Å². The second-order valence-corrected chi connectivity index (χ2v) is 8.67. The quantitative estimate of drug-likeness (QED) is 0.522. The fraction of sp³-hybridized carbons (Fsp3) is 0.364. The number of amides is 1. The maximum absolute atomic E-state index is 12.2. The van der Waals surface area contributed by atoms with Crippen molar-refractivity contribution in [1.82, 2.24) is 9.88 Å². The van der Waals surface area contributed by atoms with Crippen LogP contribution in [0.4, 0.5) is 10.6 Å². The lowest BCUT2D eigenvalue weighted by molar-refractivity contribution is -0.148.